The first-order chi connectivity index (χ1) is 13.7. The van der Waals surface area contributed by atoms with E-state index in [2.05, 4.69) is 48.6 Å². The zero-order valence-electron chi connectivity index (χ0n) is 18.1. The molecule has 1 fully saturated rings. The second-order valence-corrected chi connectivity index (χ2v) is 8.45. The molecule has 162 valence electrons. The topological polar surface area (TPSA) is 89.9 Å². The molecular formula is C23H36N2O4. The van der Waals surface area contributed by atoms with Gasteiger partial charge < -0.3 is 20.4 Å². The van der Waals surface area contributed by atoms with Crippen molar-refractivity contribution in [3.05, 3.63) is 47.7 Å². The average Bonchev–Trinajstić information content (AvgIpc) is 3.29. The summed E-state index contributed by atoms with van der Waals surface area (Å²) in [5.74, 6) is -1.38. The number of nitrogens with zero attached hydrogens (tertiary/aromatic N) is 1. The molecule has 2 rings (SSSR count). The van der Waals surface area contributed by atoms with E-state index in [0.29, 0.717) is 6.42 Å². The van der Waals surface area contributed by atoms with Crippen molar-refractivity contribution in [1.29, 1.82) is 0 Å². The predicted molar refractivity (Wildman–Crippen MR) is 115 cm³/mol. The number of carbonyl (C=O) groups excluding carboxylic acids is 1. The molecule has 0 bridgehead atoms. The smallest absolute Gasteiger partial charge is 0.352 e. The summed E-state index contributed by atoms with van der Waals surface area (Å²) < 4.78 is 0. The Balaban J connectivity index is 0.000000352. The fraction of sp³-hybridized carbons (Fsp3) is 0.565. The Bertz CT molecular complexity index is 669. The largest absolute Gasteiger partial charge is 0.477 e. The van der Waals surface area contributed by atoms with Crippen molar-refractivity contribution < 1.29 is 19.8 Å². The normalized spacial score (nSPS) is 17.3. The molecule has 6 heteroatoms. The van der Waals surface area contributed by atoms with E-state index in [9.17, 15) is 9.59 Å². The van der Waals surface area contributed by atoms with Gasteiger partial charge in [-0.05, 0) is 50.8 Å². The summed E-state index contributed by atoms with van der Waals surface area (Å²) in [6, 6.07) is 10.5. The van der Waals surface area contributed by atoms with Crippen LogP contribution in [0.25, 0.3) is 0 Å². The van der Waals surface area contributed by atoms with Crippen LogP contribution >= 0.6 is 0 Å². The summed E-state index contributed by atoms with van der Waals surface area (Å²) in [5.41, 5.74) is 1.33. The van der Waals surface area contributed by atoms with Crippen LogP contribution in [0.5, 0.6) is 0 Å². The lowest BCUT2D eigenvalue weighted by molar-refractivity contribution is -0.135. The maximum Gasteiger partial charge on any atom is 0.352 e. The number of hydrogen-bond donors (Lipinski definition) is 3. The van der Waals surface area contributed by atoms with Crippen molar-refractivity contribution in [2.45, 2.75) is 52.5 Å². The van der Waals surface area contributed by atoms with E-state index in [-0.39, 0.29) is 29.5 Å². The summed E-state index contributed by atoms with van der Waals surface area (Å²) in [5, 5.41) is 20.2. The number of aliphatic hydroxyl groups excluding tert-OH is 1. The molecule has 6 nitrogen and oxygen atoms in total. The van der Waals surface area contributed by atoms with Gasteiger partial charge in [0.1, 0.15) is 5.70 Å². The van der Waals surface area contributed by atoms with Crippen LogP contribution in [0.15, 0.2) is 42.1 Å². The standard InChI is InChI=1S/C14H23NO4.C9H13N/c1-14(2)9-10(14)12(17)15-11(13(18)19)7-5-3-4-6-8-16;1-10(2)8-9-6-4-3-5-7-9/h7,10,16H,3-6,8-9H2,1-2H3,(H,15,17)(H,18,19);3-7H,8H2,1-2H3. The summed E-state index contributed by atoms with van der Waals surface area (Å²) in [4.78, 5) is 25.0. The van der Waals surface area contributed by atoms with Crippen molar-refractivity contribution in [2.75, 3.05) is 20.7 Å². The lowest BCUT2D eigenvalue weighted by atomic mass is 10.1. The highest BCUT2D eigenvalue weighted by Gasteiger charge is 2.50. The molecule has 0 radical (unpaired) electrons. The van der Waals surface area contributed by atoms with Crippen LogP contribution in [0.3, 0.4) is 0 Å². The number of unbranched alkanes of at least 4 members (excludes halogenated alkanes) is 3. The van der Waals surface area contributed by atoms with E-state index >= 15 is 0 Å². The van der Waals surface area contributed by atoms with Crippen LogP contribution in [0.1, 0.15) is 51.5 Å². The van der Waals surface area contributed by atoms with Crippen LogP contribution in [-0.4, -0.2) is 47.7 Å². The van der Waals surface area contributed by atoms with Crippen LogP contribution in [0.4, 0.5) is 0 Å². The van der Waals surface area contributed by atoms with Gasteiger partial charge in [-0.1, -0.05) is 56.7 Å². The minimum Gasteiger partial charge on any atom is -0.477 e. The number of carboxylic acids is 1. The first kappa shape index (κ1) is 24.9. The molecular weight excluding hydrogens is 368 g/mol. The first-order valence-corrected chi connectivity index (χ1v) is 10.2. The Morgan fingerprint density at radius 3 is 2.28 bits per heavy atom. The number of nitrogens with one attached hydrogen (secondary N) is 1. The lowest BCUT2D eigenvalue weighted by Crippen LogP contribution is -2.29. The number of allylic oxidation sites excluding steroid dienone is 1. The Morgan fingerprint density at radius 2 is 1.79 bits per heavy atom. The van der Waals surface area contributed by atoms with E-state index in [1.807, 2.05) is 19.9 Å². The number of carboxylic acid groups (broad SMARTS) is 1. The Kier molecular flexibility index (Phi) is 10.6. The SMILES string of the molecule is CC1(C)CC1C(=O)NC(=CCCCCCO)C(=O)O.CN(C)Cc1ccccc1. The highest BCUT2D eigenvalue weighted by molar-refractivity contribution is 5.94. The monoisotopic (exact) mass is 404 g/mol. The zero-order chi connectivity index (χ0) is 21.9. The van der Waals surface area contributed by atoms with Gasteiger partial charge in [0.15, 0.2) is 0 Å². The number of carbonyl (C=O) groups is 2. The molecule has 1 saturated carbocycles. The van der Waals surface area contributed by atoms with Gasteiger partial charge in [0.2, 0.25) is 5.91 Å². The molecule has 29 heavy (non-hydrogen) atoms. The van der Waals surface area contributed by atoms with Crippen LogP contribution in [-0.2, 0) is 16.1 Å². The van der Waals surface area contributed by atoms with E-state index < -0.39 is 5.97 Å². The molecule has 0 spiro atoms. The summed E-state index contributed by atoms with van der Waals surface area (Å²) in [6.07, 6.45) is 5.33. The van der Waals surface area contributed by atoms with Gasteiger partial charge in [-0.3, -0.25) is 4.79 Å². The molecule has 0 aromatic heterocycles. The van der Waals surface area contributed by atoms with Crippen LogP contribution in [0.2, 0.25) is 0 Å². The van der Waals surface area contributed by atoms with Crippen molar-refractivity contribution in [1.82, 2.24) is 10.2 Å². The molecule has 1 aromatic carbocycles. The molecule has 0 heterocycles. The van der Waals surface area contributed by atoms with E-state index in [1.54, 1.807) is 6.08 Å². The minimum absolute atomic E-state index is 0.00514. The highest BCUT2D eigenvalue weighted by atomic mass is 16.4. The van der Waals surface area contributed by atoms with Crippen LogP contribution in [0, 0.1) is 11.3 Å². The van der Waals surface area contributed by atoms with Crippen molar-refractivity contribution in [2.24, 2.45) is 11.3 Å². The van der Waals surface area contributed by atoms with Crippen molar-refractivity contribution in [3.8, 4) is 0 Å². The van der Waals surface area contributed by atoms with Crippen molar-refractivity contribution >= 4 is 11.9 Å². The summed E-state index contributed by atoms with van der Waals surface area (Å²) >= 11 is 0. The molecule has 1 aliphatic carbocycles. The van der Waals surface area contributed by atoms with Gasteiger partial charge >= 0.3 is 5.97 Å². The molecule has 0 saturated heterocycles. The maximum absolute atomic E-state index is 11.8. The lowest BCUT2D eigenvalue weighted by Gasteiger charge is -2.08. The number of rotatable bonds is 10. The van der Waals surface area contributed by atoms with E-state index in [0.717, 1.165) is 32.2 Å². The van der Waals surface area contributed by atoms with Gasteiger partial charge in [0.05, 0.1) is 0 Å². The van der Waals surface area contributed by atoms with E-state index in [4.69, 9.17) is 10.2 Å². The van der Waals surface area contributed by atoms with Gasteiger partial charge in [-0.25, -0.2) is 4.79 Å². The Labute approximate surface area is 174 Å². The number of amides is 1. The second-order valence-electron chi connectivity index (χ2n) is 8.45. The van der Waals surface area contributed by atoms with Gasteiger partial charge in [0, 0.05) is 19.1 Å². The molecule has 1 aromatic rings. The first-order valence-electron chi connectivity index (χ1n) is 10.2. The zero-order valence-corrected chi connectivity index (χ0v) is 18.1. The fourth-order valence-electron chi connectivity index (χ4n) is 2.95. The molecule has 1 aliphatic rings. The van der Waals surface area contributed by atoms with Crippen molar-refractivity contribution in [3.63, 3.8) is 0 Å². The third kappa shape index (κ3) is 10.2. The van der Waals surface area contributed by atoms with Gasteiger partial charge in [-0.15, -0.1) is 0 Å². The van der Waals surface area contributed by atoms with Gasteiger partial charge in [-0.2, -0.15) is 0 Å². The third-order valence-electron chi connectivity index (χ3n) is 4.87. The quantitative estimate of drug-likeness (QED) is 0.411. The number of aliphatic hydroxyl groups is 1. The fourth-order valence-corrected chi connectivity index (χ4v) is 2.95. The summed E-state index contributed by atoms with van der Waals surface area (Å²) in [7, 11) is 4.15. The highest BCUT2D eigenvalue weighted by Crippen LogP contribution is 2.51. The number of hydrogen-bond acceptors (Lipinski definition) is 4. The second kappa shape index (κ2) is 12.4. The molecule has 1 unspecified atom stereocenters. The number of benzene rings is 1. The summed E-state index contributed by atoms with van der Waals surface area (Å²) in [6.45, 7) is 5.18. The Hall–Kier alpha value is -2.18. The van der Waals surface area contributed by atoms with Crippen LogP contribution < -0.4 is 5.32 Å². The third-order valence-corrected chi connectivity index (χ3v) is 4.87. The van der Waals surface area contributed by atoms with Gasteiger partial charge in [0.25, 0.3) is 0 Å². The molecule has 0 aliphatic heterocycles. The predicted octanol–water partition coefficient (Wildman–Crippen LogP) is 3.42. The maximum atomic E-state index is 11.8. The average molecular weight is 405 g/mol. The molecule has 1 amide bonds. The van der Waals surface area contributed by atoms with E-state index in [1.165, 1.54) is 5.56 Å². The minimum atomic E-state index is -1.10. The Morgan fingerprint density at radius 1 is 1.17 bits per heavy atom. The number of aliphatic carboxylic acids is 1. The molecule has 1 atom stereocenters. The molecule has 3 N–H and O–H groups in total.